The lowest BCUT2D eigenvalue weighted by molar-refractivity contribution is -0.138. The van der Waals surface area contributed by atoms with Crippen LogP contribution in [0.4, 0.5) is 0 Å². The number of rotatable bonds is 5. The number of benzene rings is 1. The van der Waals surface area contributed by atoms with Crippen LogP contribution in [-0.2, 0) is 16.0 Å². The maximum absolute atomic E-state index is 11.0. The van der Waals surface area contributed by atoms with Gasteiger partial charge in [-0.1, -0.05) is 36.9 Å². The summed E-state index contributed by atoms with van der Waals surface area (Å²) in [5, 5.41) is 8.39. The average Bonchev–Trinajstić information content (AvgIpc) is 2.34. The number of hydrogen-bond donors (Lipinski definition) is 0. The molecule has 3 heteroatoms. The van der Waals surface area contributed by atoms with Crippen LogP contribution in [0.25, 0.3) is 0 Å². The largest absolute Gasteiger partial charge is 0.462 e. The average molecular weight is 215 g/mol. The summed E-state index contributed by atoms with van der Waals surface area (Å²) in [7, 11) is 0. The molecule has 0 amide bonds. The summed E-state index contributed by atoms with van der Waals surface area (Å²) in [5.74, 6) is -0.629. The predicted octanol–water partition coefficient (Wildman–Crippen LogP) is 2.24. The smallest absolute Gasteiger partial charge is 0.348 e. The van der Waals surface area contributed by atoms with Crippen LogP contribution in [0, 0.1) is 11.3 Å². The van der Waals surface area contributed by atoms with Crippen molar-refractivity contribution >= 4 is 5.97 Å². The summed E-state index contributed by atoms with van der Waals surface area (Å²) in [6.07, 6.45) is 1.60. The molecule has 0 heterocycles. The van der Waals surface area contributed by atoms with Crippen molar-refractivity contribution in [3.05, 3.63) is 48.0 Å². The molecule has 0 fully saturated rings. The summed E-state index contributed by atoms with van der Waals surface area (Å²) >= 11 is 0. The first-order valence-corrected chi connectivity index (χ1v) is 5.04. The van der Waals surface area contributed by atoms with Gasteiger partial charge in [0.1, 0.15) is 11.6 Å². The predicted molar refractivity (Wildman–Crippen MR) is 60.5 cm³/mol. The molecule has 0 aliphatic carbocycles. The molecule has 1 aromatic rings. The molecule has 0 N–H and O–H groups in total. The molecule has 0 unspecified atom stereocenters. The van der Waals surface area contributed by atoms with E-state index in [-0.39, 0.29) is 5.57 Å². The minimum Gasteiger partial charge on any atom is -0.462 e. The minimum absolute atomic E-state index is 0.153. The Kier molecular flexibility index (Phi) is 4.81. The molecule has 0 aromatic heterocycles. The van der Waals surface area contributed by atoms with Gasteiger partial charge in [0.05, 0.1) is 6.61 Å². The van der Waals surface area contributed by atoms with E-state index in [0.29, 0.717) is 6.61 Å². The fraction of sp³-hybridized carbons (Fsp3) is 0.231. The van der Waals surface area contributed by atoms with Gasteiger partial charge in [-0.05, 0) is 18.4 Å². The second-order valence-corrected chi connectivity index (χ2v) is 3.32. The van der Waals surface area contributed by atoms with Gasteiger partial charge in [0.25, 0.3) is 0 Å². The lowest BCUT2D eigenvalue weighted by atomic mass is 10.1. The summed E-state index contributed by atoms with van der Waals surface area (Å²) in [6.45, 7) is 3.59. The van der Waals surface area contributed by atoms with Crippen LogP contribution in [0.15, 0.2) is 42.5 Å². The third-order valence-electron chi connectivity index (χ3n) is 2.07. The fourth-order valence-corrected chi connectivity index (χ4v) is 1.22. The van der Waals surface area contributed by atoms with Crippen molar-refractivity contribution in [3.8, 4) is 6.07 Å². The topological polar surface area (TPSA) is 50.1 Å². The van der Waals surface area contributed by atoms with Gasteiger partial charge in [-0.2, -0.15) is 5.26 Å². The van der Waals surface area contributed by atoms with Crippen molar-refractivity contribution in [3.63, 3.8) is 0 Å². The van der Waals surface area contributed by atoms with Crippen molar-refractivity contribution in [1.29, 1.82) is 5.26 Å². The molecule has 0 aliphatic heterocycles. The van der Waals surface area contributed by atoms with E-state index in [9.17, 15) is 4.79 Å². The number of esters is 1. The highest BCUT2D eigenvalue weighted by atomic mass is 16.5. The van der Waals surface area contributed by atoms with Crippen LogP contribution in [0.5, 0.6) is 0 Å². The molecule has 16 heavy (non-hydrogen) atoms. The summed E-state index contributed by atoms with van der Waals surface area (Å²) in [6, 6.07) is 11.6. The van der Waals surface area contributed by atoms with Crippen LogP contribution in [0.1, 0.15) is 12.0 Å². The van der Waals surface area contributed by atoms with E-state index in [1.54, 1.807) is 6.07 Å². The number of hydrogen-bond acceptors (Lipinski definition) is 3. The molecule has 0 radical (unpaired) electrons. The van der Waals surface area contributed by atoms with E-state index < -0.39 is 5.97 Å². The molecular weight excluding hydrogens is 202 g/mol. The van der Waals surface area contributed by atoms with Crippen LogP contribution < -0.4 is 0 Å². The Labute approximate surface area is 95.0 Å². The molecule has 3 nitrogen and oxygen atoms in total. The third-order valence-corrected chi connectivity index (χ3v) is 2.07. The number of nitriles is 1. The van der Waals surface area contributed by atoms with Gasteiger partial charge in [-0.15, -0.1) is 0 Å². The zero-order valence-corrected chi connectivity index (χ0v) is 8.98. The Bertz CT molecular complexity index is 404. The van der Waals surface area contributed by atoms with Crippen molar-refractivity contribution in [1.82, 2.24) is 0 Å². The van der Waals surface area contributed by atoms with Gasteiger partial charge in [-0.3, -0.25) is 0 Å². The molecular formula is C13H13NO2. The zero-order valence-electron chi connectivity index (χ0n) is 8.98. The highest BCUT2D eigenvalue weighted by molar-refractivity contribution is 5.91. The molecule has 82 valence electrons. The number of carbonyl (C=O) groups excluding carboxylic acids is 1. The Morgan fingerprint density at radius 3 is 2.69 bits per heavy atom. The number of ether oxygens (including phenoxy) is 1. The van der Waals surface area contributed by atoms with Gasteiger partial charge in [0, 0.05) is 0 Å². The first-order valence-electron chi connectivity index (χ1n) is 5.04. The first kappa shape index (κ1) is 12.0. The van der Waals surface area contributed by atoms with Crippen LogP contribution in [-0.4, -0.2) is 12.6 Å². The molecule has 0 atom stereocenters. The number of carbonyl (C=O) groups is 1. The second kappa shape index (κ2) is 6.41. The standard InChI is InChI=1S/C13H13NO2/c1-11(10-14)13(15)16-9-5-8-12-6-3-2-4-7-12/h2-4,6-7H,1,5,8-9H2. The molecule has 0 saturated carbocycles. The molecule has 1 aromatic carbocycles. The Morgan fingerprint density at radius 2 is 2.06 bits per heavy atom. The van der Waals surface area contributed by atoms with Crippen molar-refractivity contribution in [2.75, 3.05) is 6.61 Å². The number of nitrogens with zero attached hydrogens (tertiary/aromatic N) is 1. The maximum atomic E-state index is 11.0. The second-order valence-electron chi connectivity index (χ2n) is 3.32. The fourth-order valence-electron chi connectivity index (χ4n) is 1.22. The highest BCUT2D eigenvalue weighted by Crippen LogP contribution is 2.03. The van der Waals surface area contributed by atoms with Crippen LogP contribution in [0.2, 0.25) is 0 Å². The quantitative estimate of drug-likeness (QED) is 0.327. The zero-order chi connectivity index (χ0) is 11.8. The monoisotopic (exact) mass is 215 g/mol. The van der Waals surface area contributed by atoms with E-state index >= 15 is 0 Å². The van der Waals surface area contributed by atoms with Crippen molar-refractivity contribution in [2.45, 2.75) is 12.8 Å². The van der Waals surface area contributed by atoms with Crippen molar-refractivity contribution in [2.24, 2.45) is 0 Å². The Morgan fingerprint density at radius 1 is 1.38 bits per heavy atom. The SMILES string of the molecule is C=C(C#N)C(=O)OCCCc1ccccc1. The van der Waals surface area contributed by atoms with Crippen LogP contribution in [0.3, 0.4) is 0 Å². The normalized spacial score (nSPS) is 9.19. The van der Waals surface area contributed by atoms with Gasteiger partial charge in [0.2, 0.25) is 0 Å². The summed E-state index contributed by atoms with van der Waals surface area (Å²) in [5.41, 5.74) is 1.05. The first-order chi connectivity index (χ1) is 7.74. The highest BCUT2D eigenvalue weighted by Gasteiger charge is 2.06. The summed E-state index contributed by atoms with van der Waals surface area (Å²) < 4.78 is 4.86. The Balaban J connectivity index is 2.21. The maximum Gasteiger partial charge on any atom is 0.348 e. The van der Waals surface area contributed by atoms with Gasteiger partial charge >= 0.3 is 5.97 Å². The van der Waals surface area contributed by atoms with Gasteiger partial charge < -0.3 is 4.74 Å². The lowest BCUT2D eigenvalue weighted by Crippen LogP contribution is -2.07. The van der Waals surface area contributed by atoms with E-state index in [2.05, 4.69) is 6.58 Å². The van der Waals surface area contributed by atoms with E-state index in [1.807, 2.05) is 30.3 Å². The molecule has 1 rings (SSSR count). The molecule has 0 saturated heterocycles. The molecule has 0 aliphatic rings. The van der Waals surface area contributed by atoms with Crippen molar-refractivity contribution < 1.29 is 9.53 Å². The van der Waals surface area contributed by atoms with Gasteiger partial charge in [0.15, 0.2) is 0 Å². The van der Waals surface area contributed by atoms with E-state index in [4.69, 9.17) is 10.00 Å². The Hall–Kier alpha value is -2.08. The lowest BCUT2D eigenvalue weighted by Gasteiger charge is -2.03. The van der Waals surface area contributed by atoms with Gasteiger partial charge in [-0.25, -0.2) is 4.79 Å². The summed E-state index contributed by atoms with van der Waals surface area (Å²) in [4.78, 5) is 11.0. The van der Waals surface area contributed by atoms with Crippen LogP contribution >= 0.6 is 0 Å². The minimum atomic E-state index is -0.629. The van der Waals surface area contributed by atoms with E-state index in [0.717, 1.165) is 12.8 Å². The third kappa shape index (κ3) is 3.97. The van der Waals surface area contributed by atoms with E-state index in [1.165, 1.54) is 5.56 Å². The molecule has 0 bridgehead atoms. The molecule has 0 spiro atoms. The number of aryl methyl sites for hydroxylation is 1.